The SMILES string of the molecule is Cc1cc(CN2CC3CCCC3C2)oc1CNC(C)(C)C. The van der Waals surface area contributed by atoms with E-state index in [2.05, 4.69) is 44.0 Å². The van der Waals surface area contributed by atoms with Gasteiger partial charge in [-0.3, -0.25) is 4.90 Å². The van der Waals surface area contributed by atoms with Gasteiger partial charge in [0.05, 0.1) is 13.1 Å². The predicted molar refractivity (Wildman–Crippen MR) is 86.1 cm³/mol. The molecule has 21 heavy (non-hydrogen) atoms. The zero-order valence-corrected chi connectivity index (χ0v) is 14.0. The Morgan fingerprint density at radius 3 is 2.52 bits per heavy atom. The Morgan fingerprint density at radius 2 is 1.90 bits per heavy atom. The topological polar surface area (TPSA) is 28.4 Å². The molecule has 1 aromatic rings. The molecule has 0 spiro atoms. The van der Waals surface area contributed by atoms with Crippen molar-refractivity contribution in [3.8, 4) is 0 Å². The van der Waals surface area contributed by atoms with Crippen LogP contribution in [0.25, 0.3) is 0 Å². The fourth-order valence-electron chi connectivity index (χ4n) is 3.87. The lowest BCUT2D eigenvalue weighted by molar-refractivity contribution is 0.269. The third kappa shape index (κ3) is 3.70. The van der Waals surface area contributed by atoms with Crippen LogP contribution < -0.4 is 5.32 Å². The summed E-state index contributed by atoms with van der Waals surface area (Å²) in [5, 5.41) is 3.51. The first kappa shape index (κ1) is 15.1. The van der Waals surface area contributed by atoms with Crippen LogP contribution in [0.2, 0.25) is 0 Å². The predicted octanol–water partition coefficient (Wildman–Crippen LogP) is 3.71. The minimum absolute atomic E-state index is 0.131. The molecule has 118 valence electrons. The molecular weight excluding hydrogens is 260 g/mol. The fourth-order valence-corrected chi connectivity index (χ4v) is 3.87. The second-order valence-electron chi connectivity index (χ2n) is 8.07. The van der Waals surface area contributed by atoms with Crippen LogP contribution in [0.3, 0.4) is 0 Å². The fraction of sp³-hybridized carbons (Fsp3) is 0.778. The highest BCUT2D eigenvalue weighted by molar-refractivity contribution is 5.20. The third-order valence-electron chi connectivity index (χ3n) is 5.03. The largest absolute Gasteiger partial charge is 0.463 e. The number of furan rings is 1. The number of fused-ring (bicyclic) bond motifs is 1. The molecule has 2 heterocycles. The first-order valence-electron chi connectivity index (χ1n) is 8.46. The summed E-state index contributed by atoms with van der Waals surface area (Å²) in [7, 11) is 0. The van der Waals surface area contributed by atoms with Crippen LogP contribution >= 0.6 is 0 Å². The highest BCUT2D eigenvalue weighted by atomic mass is 16.3. The normalized spacial score (nSPS) is 26.5. The number of nitrogens with one attached hydrogen (secondary N) is 1. The van der Waals surface area contributed by atoms with Gasteiger partial charge in [-0.1, -0.05) is 6.42 Å². The monoisotopic (exact) mass is 290 g/mol. The molecule has 1 saturated heterocycles. The van der Waals surface area contributed by atoms with Crippen molar-refractivity contribution in [2.45, 2.75) is 65.6 Å². The minimum Gasteiger partial charge on any atom is -0.463 e. The van der Waals surface area contributed by atoms with Crippen molar-refractivity contribution in [1.82, 2.24) is 10.2 Å². The molecule has 2 unspecified atom stereocenters. The summed E-state index contributed by atoms with van der Waals surface area (Å²) in [6.45, 7) is 13.1. The van der Waals surface area contributed by atoms with Gasteiger partial charge in [-0.25, -0.2) is 0 Å². The molecule has 1 aromatic heterocycles. The van der Waals surface area contributed by atoms with Crippen molar-refractivity contribution in [3.05, 3.63) is 23.2 Å². The Kier molecular flexibility index (Phi) is 4.15. The number of hydrogen-bond donors (Lipinski definition) is 1. The van der Waals surface area contributed by atoms with Crippen LogP contribution in [-0.2, 0) is 13.1 Å². The van der Waals surface area contributed by atoms with Crippen LogP contribution in [0, 0.1) is 18.8 Å². The Morgan fingerprint density at radius 1 is 1.24 bits per heavy atom. The molecule has 0 aromatic carbocycles. The Hall–Kier alpha value is -0.800. The highest BCUT2D eigenvalue weighted by Crippen LogP contribution is 2.38. The summed E-state index contributed by atoms with van der Waals surface area (Å²) >= 11 is 0. The maximum Gasteiger partial charge on any atom is 0.120 e. The van der Waals surface area contributed by atoms with Crippen LogP contribution in [-0.4, -0.2) is 23.5 Å². The van der Waals surface area contributed by atoms with Gasteiger partial charge >= 0.3 is 0 Å². The first-order valence-corrected chi connectivity index (χ1v) is 8.46. The second kappa shape index (κ2) is 5.77. The molecule has 1 aliphatic carbocycles. The number of rotatable bonds is 4. The molecule has 0 bridgehead atoms. The van der Waals surface area contributed by atoms with Crippen molar-refractivity contribution in [2.75, 3.05) is 13.1 Å². The van der Waals surface area contributed by atoms with E-state index in [1.54, 1.807) is 0 Å². The molecule has 3 rings (SSSR count). The summed E-state index contributed by atoms with van der Waals surface area (Å²) in [5.41, 5.74) is 1.41. The maximum atomic E-state index is 6.09. The van der Waals surface area contributed by atoms with E-state index in [-0.39, 0.29) is 5.54 Å². The molecule has 2 atom stereocenters. The van der Waals surface area contributed by atoms with Crippen LogP contribution in [0.15, 0.2) is 10.5 Å². The molecule has 2 fully saturated rings. The zero-order chi connectivity index (χ0) is 15.0. The van der Waals surface area contributed by atoms with E-state index >= 15 is 0 Å². The van der Waals surface area contributed by atoms with Crippen molar-refractivity contribution < 1.29 is 4.42 Å². The van der Waals surface area contributed by atoms with Gasteiger partial charge < -0.3 is 9.73 Å². The van der Waals surface area contributed by atoms with E-state index in [4.69, 9.17) is 4.42 Å². The van der Waals surface area contributed by atoms with E-state index in [0.717, 1.165) is 36.4 Å². The average molecular weight is 290 g/mol. The van der Waals surface area contributed by atoms with Gasteiger partial charge in [0.15, 0.2) is 0 Å². The van der Waals surface area contributed by atoms with Gasteiger partial charge in [0.2, 0.25) is 0 Å². The van der Waals surface area contributed by atoms with Crippen molar-refractivity contribution in [2.24, 2.45) is 11.8 Å². The van der Waals surface area contributed by atoms with Crippen molar-refractivity contribution in [3.63, 3.8) is 0 Å². The Bertz CT molecular complexity index is 474. The van der Waals surface area contributed by atoms with E-state index in [1.807, 2.05) is 0 Å². The summed E-state index contributed by atoms with van der Waals surface area (Å²) in [4.78, 5) is 2.59. The van der Waals surface area contributed by atoms with E-state index < -0.39 is 0 Å². The van der Waals surface area contributed by atoms with Crippen LogP contribution in [0.5, 0.6) is 0 Å². The number of nitrogens with zero attached hydrogens (tertiary/aromatic N) is 1. The minimum atomic E-state index is 0.131. The van der Waals surface area contributed by atoms with Gasteiger partial charge in [-0.15, -0.1) is 0 Å². The summed E-state index contributed by atoms with van der Waals surface area (Å²) in [6, 6.07) is 2.23. The van der Waals surface area contributed by atoms with Crippen molar-refractivity contribution in [1.29, 1.82) is 0 Å². The molecule has 1 aliphatic heterocycles. The van der Waals surface area contributed by atoms with Crippen LogP contribution in [0.1, 0.15) is 57.1 Å². The molecular formula is C18H30N2O. The second-order valence-corrected chi connectivity index (χ2v) is 8.07. The zero-order valence-electron chi connectivity index (χ0n) is 14.0. The van der Waals surface area contributed by atoms with E-state index in [1.165, 1.54) is 37.9 Å². The number of aryl methyl sites for hydroxylation is 1. The van der Waals surface area contributed by atoms with Gasteiger partial charge in [-0.05, 0) is 64.0 Å². The Labute approximate surface area is 129 Å². The molecule has 0 radical (unpaired) electrons. The maximum absolute atomic E-state index is 6.09. The molecule has 3 heteroatoms. The average Bonchev–Trinajstić information content (AvgIpc) is 3.01. The number of hydrogen-bond acceptors (Lipinski definition) is 3. The molecule has 3 nitrogen and oxygen atoms in total. The van der Waals surface area contributed by atoms with Crippen LogP contribution in [0.4, 0.5) is 0 Å². The standard InChI is InChI=1S/C18H30N2O/c1-13-8-16(21-17(13)9-19-18(2,3)4)12-20-10-14-6-5-7-15(14)11-20/h8,14-15,19H,5-7,9-12H2,1-4H3. The van der Waals surface area contributed by atoms with Crippen molar-refractivity contribution >= 4 is 0 Å². The summed E-state index contributed by atoms with van der Waals surface area (Å²) in [6.07, 6.45) is 4.34. The summed E-state index contributed by atoms with van der Waals surface area (Å²) in [5.74, 6) is 4.16. The number of likely N-dealkylation sites (tertiary alicyclic amines) is 1. The van der Waals surface area contributed by atoms with E-state index in [9.17, 15) is 0 Å². The van der Waals surface area contributed by atoms with Gasteiger partial charge in [0.1, 0.15) is 11.5 Å². The van der Waals surface area contributed by atoms with E-state index in [0.29, 0.717) is 0 Å². The first-order chi connectivity index (χ1) is 9.90. The van der Waals surface area contributed by atoms with Gasteiger partial charge in [0, 0.05) is 18.6 Å². The van der Waals surface area contributed by atoms with Gasteiger partial charge in [0.25, 0.3) is 0 Å². The molecule has 1 N–H and O–H groups in total. The quantitative estimate of drug-likeness (QED) is 0.916. The smallest absolute Gasteiger partial charge is 0.120 e. The lowest BCUT2D eigenvalue weighted by Gasteiger charge is -2.19. The summed E-state index contributed by atoms with van der Waals surface area (Å²) < 4.78 is 6.09. The highest BCUT2D eigenvalue weighted by Gasteiger charge is 2.36. The third-order valence-corrected chi connectivity index (χ3v) is 5.03. The lowest BCUT2D eigenvalue weighted by atomic mass is 10.0. The molecule has 2 aliphatic rings. The Balaban J connectivity index is 1.57. The molecule has 0 amide bonds. The molecule has 1 saturated carbocycles. The van der Waals surface area contributed by atoms with Gasteiger partial charge in [-0.2, -0.15) is 0 Å². The lowest BCUT2D eigenvalue weighted by Crippen LogP contribution is -2.35.